The molecule has 0 aliphatic heterocycles. The van der Waals surface area contributed by atoms with Gasteiger partial charge in [0.25, 0.3) is 0 Å². The molecule has 0 saturated heterocycles. The van der Waals surface area contributed by atoms with Gasteiger partial charge in [-0.1, -0.05) is 13.3 Å². The maximum Gasteiger partial charge on any atom is 0.0438 e. The molecule has 0 spiro atoms. The van der Waals surface area contributed by atoms with E-state index >= 15 is 0 Å². The fourth-order valence-corrected chi connectivity index (χ4v) is 3.49. The fourth-order valence-electron chi connectivity index (χ4n) is 2.48. The minimum Gasteiger partial charge on any atom is -0.396 e. The van der Waals surface area contributed by atoms with Gasteiger partial charge in [0.2, 0.25) is 0 Å². The third kappa shape index (κ3) is 5.55. The Morgan fingerprint density at radius 2 is 2.19 bits per heavy atom. The summed E-state index contributed by atoms with van der Waals surface area (Å²) in [5.74, 6) is 3.30. The van der Waals surface area contributed by atoms with E-state index in [1.165, 1.54) is 44.4 Å². The minimum absolute atomic E-state index is 0.344. The first kappa shape index (κ1) is 14.3. The molecule has 0 bridgehead atoms. The summed E-state index contributed by atoms with van der Waals surface area (Å²) in [5.41, 5.74) is 0. The highest BCUT2D eigenvalue weighted by Crippen LogP contribution is 2.29. The van der Waals surface area contributed by atoms with Crippen LogP contribution in [-0.2, 0) is 0 Å². The van der Waals surface area contributed by atoms with E-state index in [9.17, 15) is 0 Å². The van der Waals surface area contributed by atoms with Gasteiger partial charge >= 0.3 is 0 Å². The summed E-state index contributed by atoms with van der Waals surface area (Å²) in [5, 5.41) is 12.4. The predicted octanol–water partition coefficient (Wildman–Crippen LogP) is 2.66. The van der Waals surface area contributed by atoms with Gasteiger partial charge in [-0.25, -0.2) is 0 Å². The molecule has 2 atom stereocenters. The number of aliphatic hydroxyl groups is 1. The van der Waals surface area contributed by atoms with Crippen molar-refractivity contribution in [3.8, 4) is 0 Å². The Balaban J connectivity index is 2.05. The van der Waals surface area contributed by atoms with E-state index in [2.05, 4.69) is 12.2 Å². The van der Waals surface area contributed by atoms with Crippen LogP contribution in [0.3, 0.4) is 0 Å². The Bertz CT molecular complexity index is 166. The van der Waals surface area contributed by atoms with E-state index in [-0.39, 0.29) is 0 Å². The number of rotatable bonds is 9. The van der Waals surface area contributed by atoms with Crippen molar-refractivity contribution in [2.75, 3.05) is 24.7 Å². The van der Waals surface area contributed by atoms with Crippen molar-refractivity contribution < 1.29 is 5.11 Å². The van der Waals surface area contributed by atoms with Crippen molar-refractivity contribution in [2.45, 2.75) is 51.5 Å². The summed E-state index contributed by atoms with van der Waals surface area (Å²) in [6, 6.07) is 0.790. The Kier molecular flexibility index (Phi) is 8.34. The highest BCUT2D eigenvalue weighted by Gasteiger charge is 2.25. The predicted molar refractivity (Wildman–Crippen MR) is 73.1 cm³/mol. The Labute approximate surface area is 105 Å². The fraction of sp³-hybridized carbons (Fsp3) is 1.00. The Hall–Kier alpha value is 0.270. The molecular weight excluding hydrogens is 218 g/mol. The molecular formula is C13H27NOS. The van der Waals surface area contributed by atoms with E-state index in [1.807, 2.05) is 11.8 Å². The van der Waals surface area contributed by atoms with E-state index in [4.69, 9.17) is 5.11 Å². The normalized spacial score (nSPS) is 25.1. The van der Waals surface area contributed by atoms with Crippen LogP contribution >= 0.6 is 11.8 Å². The van der Waals surface area contributed by atoms with Crippen molar-refractivity contribution in [2.24, 2.45) is 5.92 Å². The summed E-state index contributed by atoms with van der Waals surface area (Å²) >= 11 is 2.00. The molecule has 1 aliphatic carbocycles. The van der Waals surface area contributed by atoms with Crippen molar-refractivity contribution >= 4 is 11.8 Å². The first-order valence-corrected chi connectivity index (χ1v) is 7.96. The molecule has 2 N–H and O–H groups in total. The first-order chi connectivity index (χ1) is 7.88. The molecule has 0 radical (unpaired) electrons. The molecule has 1 fully saturated rings. The SMILES string of the molecule is CCCNC1CCCC1CCSCCCO. The van der Waals surface area contributed by atoms with E-state index in [0.717, 1.165) is 24.1 Å². The lowest BCUT2D eigenvalue weighted by Crippen LogP contribution is -2.33. The van der Waals surface area contributed by atoms with Gasteiger partial charge in [0.05, 0.1) is 0 Å². The van der Waals surface area contributed by atoms with Gasteiger partial charge in [0.1, 0.15) is 0 Å². The average Bonchev–Trinajstić information content (AvgIpc) is 2.74. The molecule has 2 unspecified atom stereocenters. The van der Waals surface area contributed by atoms with Crippen LogP contribution in [0.25, 0.3) is 0 Å². The van der Waals surface area contributed by atoms with E-state index in [1.54, 1.807) is 0 Å². The lowest BCUT2D eigenvalue weighted by Gasteiger charge is -2.20. The van der Waals surface area contributed by atoms with Crippen LogP contribution in [0.1, 0.15) is 45.4 Å². The van der Waals surface area contributed by atoms with Crippen LogP contribution < -0.4 is 5.32 Å². The summed E-state index contributed by atoms with van der Waals surface area (Å²) in [6.07, 6.45) is 7.76. The standard InChI is InChI=1S/C13H27NOS/c1-2-8-14-13-6-3-5-12(13)7-11-16-10-4-9-15/h12-15H,2-11H2,1H3. The number of thioether (sulfide) groups is 1. The van der Waals surface area contributed by atoms with Crippen LogP contribution in [0.5, 0.6) is 0 Å². The summed E-state index contributed by atoms with van der Waals surface area (Å²) in [7, 11) is 0. The molecule has 2 nitrogen and oxygen atoms in total. The summed E-state index contributed by atoms with van der Waals surface area (Å²) in [6.45, 7) is 3.76. The van der Waals surface area contributed by atoms with E-state index < -0.39 is 0 Å². The molecule has 3 heteroatoms. The molecule has 0 aromatic rings. The Morgan fingerprint density at radius 1 is 1.31 bits per heavy atom. The van der Waals surface area contributed by atoms with Crippen LogP contribution in [-0.4, -0.2) is 35.8 Å². The highest BCUT2D eigenvalue weighted by atomic mass is 32.2. The maximum atomic E-state index is 8.69. The molecule has 1 aliphatic rings. The summed E-state index contributed by atoms with van der Waals surface area (Å²) < 4.78 is 0. The smallest absolute Gasteiger partial charge is 0.0438 e. The second-order valence-corrected chi connectivity index (χ2v) is 5.95. The number of hydrogen-bond donors (Lipinski definition) is 2. The van der Waals surface area contributed by atoms with Gasteiger partial charge in [-0.05, 0) is 56.1 Å². The highest BCUT2D eigenvalue weighted by molar-refractivity contribution is 7.99. The average molecular weight is 245 g/mol. The van der Waals surface area contributed by atoms with Gasteiger partial charge in [-0.3, -0.25) is 0 Å². The monoisotopic (exact) mass is 245 g/mol. The zero-order valence-corrected chi connectivity index (χ0v) is 11.4. The van der Waals surface area contributed by atoms with Crippen molar-refractivity contribution in [3.63, 3.8) is 0 Å². The summed E-state index contributed by atoms with van der Waals surface area (Å²) in [4.78, 5) is 0. The van der Waals surface area contributed by atoms with Gasteiger partial charge in [0.15, 0.2) is 0 Å². The molecule has 96 valence electrons. The quantitative estimate of drug-likeness (QED) is 0.613. The van der Waals surface area contributed by atoms with Gasteiger partial charge in [0, 0.05) is 12.6 Å². The third-order valence-corrected chi connectivity index (χ3v) is 4.50. The van der Waals surface area contributed by atoms with Crippen LogP contribution in [0.4, 0.5) is 0 Å². The van der Waals surface area contributed by atoms with Crippen molar-refractivity contribution in [1.29, 1.82) is 0 Å². The van der Waals surface area contributed by atoms with Gasteiger partial charge < -0.3 is 10.4 Å². The van der Waals surface area contributed by atoms with Crippen molar-refractivity contribution in [3.05, 3.63) is 0 Å². The lowest BCUT2D eigenvalue weighted by atomic mass is 10.0. The molecule has 0 aromatic carbocycles. The topological polar surface area (TPSA) is 32.3 Å². The largest absolute Gasteiger partial charge is 0.396 e. The molecule has 0 aromatic heterocycles. The molecule has 16 heavy (non-hydrogen) atoms. The number of nitrogens with one attached hydrogen (secondary N) is 1. The number of hydrogen-bond acceptors (Lipinski definition) is 3. The zero-order chi connectivity index (χ0) is 11.6. The first-order valence-electron chi connectivity index (χ1n) is 6.80. The third-order valence-electron chi connectivity index (χ3n) is 3.40. The minimum atomic E-state index is 0.344. The molecule has 0 amide bonds. The van der Waals surface area contributed by atoms with Crippen LogP contribution in [0, 0.1) is 5.92 Å². The lowest BCUT2D eigenvalue weighted by molar-refractivity contribution is 0.296. The second-order valence-electron chi connectivity index (χ2n) is 4.73. The second kappa shape index (κ2) is 9.32. The molecule has 1 rings (SSSR count). The van der Waals surface area contributed by atoms with Crippen LogP contribution in [0.2, 0.25) is 0 Å². The van der Waals surface area contributed by atoms with Gasteiger partial charge in [-0.2, -0.15) is 11.8 Å². The molecule has 1 saturated carbocycles. The molecule has 0 heterocycles. The van der Waals surface area contributed by atoms with Gasteiger partial charge in [-0.15, -0.1) is 0 Å². The zero-order valence-electron chi connectivity index (χ0n) is 10.6. The van der Waals surface area contributed by atoms with Crippen molar-refractivity contribution in [1.82, 2.24) is 5.32 Å². The van der Waals surface area contributed by atoms with Crippen LogP contribution in [0.15, 0.2) is 0 Å². The number of aliphatic hydroxyl groups excluding tert-OH is 1. The van der Waals surface area contributed by atoms with E-state index in [0.29, 0.717) is 6.61 Å². The Morgan fingerprint density at radius 3 is 2.94 bits per heavy atom. The maximum absolute atomic E-state index is 8.69.